The Labute approximate surface area is 147 Å². The van der Waals surface area contributed by atoms with Crippen molar-refractivity contribution in [1.29, 1.82) is 0 Å². The largest absolute Gasteiger partial charge is 0.381 e. The Bertz CT molecular complexity index is 359. The van der Waals surface area contributed by atoms with Crippen LogP contribution in [0.4, 0.5) is 0 Å². The topological polar surface area (TPSA) is 73.9 Å². The highest BCUT2D eigenvalue weighted by atomic mass is 16.5. The summed E-state index contributed by atoms with van der Waals surface area (Å²) in [5, 5.41) is 2.82. The Hall–Kier alpha value is -0.980. The van der Waals surface area contributed by atoms with Gasteiger partial charge in [-0.3, -0.25) is 9.59 Å². The van der Waals surface area contributed by atoms with Crippen LogP contribution in [0.1, 0.15) is 59.7 Å². The molecule has 0 atom stereocenters. The lowest BCUT2D eigenvalue weighted by Gasteiger charge is -2.27. The zero-order valence-electron chi connectivity index (χ0n) is 15.2. The molecule has 1 fully saturated rings. The summed E-state index contributed by atoms with van der Waals surface area (Å²) in [6.45, 7) is 3.84. The van der Waals surface area contributed by atoms with Crippen molar-refractivity contribution in [3.8, 4) is 0 Å². The van der Waals surface area contributed by atoms with E-state index in [2.05, 4.69) is 5.32 Å². The summed E-state index contributed by atoms with van der Waals surface area (Å²) in [7, 11) is 1.76. The molecular weight excluding hydrogens is 310 g/mol. The fourth-order valence-electron chi connectivity index (χ4n) is 2.73. The Morgan fingerprint density at radius 2 is 1.75 bits per heavy atom. The summed E-state index contributed by atoms with van der Waals surface area (Å²) >= 11 is 0. The minimum atomic E-state index is 0. The van der Waals surface area contributed by atoms with Gasteiger partial charge in [-0.05, 0) is 32.1 Å². The van der Waals surface area contributed by atoms with Crippen LogP contribution in [0.2, 0.25) is 0 Å². The molecule has 0 aromatic heterocycles. The van der Waals surface area contributed by atoms with E-state index in [1.165, 1.54) is 0 Å². The minimum absolute atomic E-state index is 0. The van der Waals surface area contributed by atoms with Crippen molar-refractivity contribution in [3.05, 3.63) is 0 Å². The first-order chi connectivity index (χ1) is 11.7. The third kappa shape index (κ3) is 10.0. The third-order valence-corrected chi connectivity index (χ3v) is 4.34. The van der Waals surface area contributed by atoms with Crippen LogP contribution in [0.5, 0.6) is 0 Å². The molecule has 1 aliphatic rings. The van der Waals surface area contributed by atoms with Gasteiger partial charge in [0.2, 0.25) is 5.91 Å². The van der Waals surface area contributed by atoms with Crippen LogP contribution < -0.4 is 5.32 Å². The van der Waals surface area contributed by atoms with Gasteiger partial charge in [-0.1, -0.05) is 6.92 Å². The first kappa shape index (κ1) is 21.1. The molecule has 1 N–H and O–H groups in total. The molecule has 0 radical (unpaired) electrons. The summed E-state index contributed by atoms with van der Waals surface area (Å²) in [5.41, 5.74) is 0. The smallest absolute Gasteiger partial charge is 0.220 e. The summed E-state index contributed by atoms with van der Waals surface area (Å²) < 4.78 is 16.5. The molecule has 0 aliphatic heterocycles. The molecule has 0 heterocycles. The Balaban J connectivity index is 0.00000576. The van der Waals surface area contributed by atoms with Crippen LogP contribution in [0.3, 0.4) is 0 Å². The van der Waals surface area contributed by atoms with Crippen molar-refractivity contribution >= 4 is 11.7 Å². The number of rotatable bonds is 13. The van der Waals surface area contributed by atoms with E-state index in [0.717, 1.165) is 32.1 Å². The Morgan fingerprint density at radius 3 is 2.42 bits per heavy atom. The molecule has 1 rings (SSSR count). The molecule has 0 bridgehead atoms. The van der Waals surface area contributed by atoms with Crippen molar-refractivity contribution in [3.63, 3.8) is 0 Å². The fourth-order valence-corrected chi connectivity index (χ4v) is 2.73. The van der Waals surface area contributed by atoms with Crippen LogP contribution in [-0.2, 0) is 23.8 Å². The van der Waals surface area contributed by atoms with E-state index in [-0.39, 0.29) is 13.1 Å². The van der Waals surface area contributed by atoms with Gasteiger partial charge in [0.1, 0.15) is 5.78 Å². The molecule has 0 aromatic carbocycles. The quantitative estimate of drug-likeness (QED) is 0.519. The number of amides is 1. The normalized spacial score (nSPS) is 20.8. The number of ketones is 1. The van der Waals surface area contributed by atoms with Gasteiger partial charge >= 0.3 is 0 Å². The molecule has 0 unspecified atom stereocenters. The summed E-state index contributed by atoms with van der Waals surface area (Å²) in [4.78, 5) is 22.7. The van der Waals surface area contributed by atoms with Crippen molar-refractivity contribution in [2.24, 2.45) is 0 Å². The van der Waals surface area contributed by atoms with Crippen LogP contribution in [0.25, 0.3) is 0 Å². The van der Waals surface area contributed by atoms with Gasteiger partial charge in [-0.25, -0.2) is 0 Å². The Morgan fingerprint density at radius 1 is 1.04 bits per heavy atom. The van der Waals surface area contributed by atoms with E-state index >= 15 is 0 Å². The maximum absolute atomic E-state index is 11.7. The van der Waals surface area contributed by atoms with E-state index in [4.69, 9.17) is 14.2 Å². The average molecular weight is 345 g/mol. The van der Waals surface area contributed by atoms with Gasteiger partial charge in [0.05, 0.1) is 25.4 Å². The van der Waals surface area contributed by atoms with Gasteiger partial charge in [0.25, 0.3) is 0 Å². The molecular formula is C18H35NO5. The van der Waals surface area contributed by atoms with E-state index < -0.39 is 0 Å². The first-order valence-corrected chi connectivity index (χ1v) is 9.16. The van der Waals surface area contributed by atoms with Gasteiger partial charge in [-0.2, -0.15) is 0 Å². The molecule has 0 saturated heterocycles. The number of Topliss-reactive ketones (excluding diaryl/α,β-unsaturated/α-hetero) is 1. The molecule has 1 amide bonds. The summed E-state index contributed by atoms with van der Waals surface area (Å²) in [6, 6.07) is 0. The highest BCUT2D eigenvalue weighted by Crippen LogP contribution is 2.23. The zero-order chi connectivity index (χ0) is 17.6. The highest BCUT2D eigenvalue weighted by Gasteiger charge is 2.20. The molecule has 24 heavy (non-hydrogen) atoms. The number of carbonyl (C=O) groups is 2. The van der Waals surface area contributed by atoms with Crippen LogP contribution in [-0.4, -0.2) is 57.4 Å². The molecule has 0 aromatic rings. The zero-order valence-corrected chi connectivity index (χ0v) is 15.2. The van der Waals surface area contributed by atoms with Crippen LogP contribution in [0, 0.1) is 0 Å². The first-order valence-electron chi connectivity index (χ1n) is 9.16. The van der Waals surface area contributed by atoms with E-state index in [1.54, 1.807) is 7.11 Å². The lowest BCUT2D eigenvalue weighted by molar-refractivity contribution is -0.122. The van der Waals surface area contributed by atoms with Crippen molar-refractivity contribution < 1.29 is 25.2 Å². The SMILES string of the molecule is CCC(=O)CCOCCNC(=O)CCCOC1CCC(OC)CC1.[HH]. The Kier molecular flexibility index (Phi) is 11.7. The molecule has 1 saturated carbocycles. The maximum Gasteiger partial charge on any atom is 0.220 e. The number of hydrogen-bond acceptors (Lipinski definition) is 5. The predicted octanol–water partition coefficient (Wildman–Crippen LogP) is 2.49. The molecule has 1 aliphatic carbocycles. The second-order valence-corrected chi connectivity index (χ2v) is 6.21. The lowest BCUT2D eigenvalue weighted by atomic mass is 9.95. The van der Waals surface area contributed by atoms with Gasteiger partial charge in [-0.15, -0.1) is 0 Å². The fraction of sp³-hybridized carbons (Fsp3) is 0.889. The molecule has 6 nitrogen and oxygen atoms in total. The number of nitrogens with one attached hydrogen (secondary N) is 1. The highest BCUT2D eigenvalue weighted by molar-refractivity contribution is 5.78. The lowest BCUT2D eigenvalue weighted by Crippen LogP contribution is -2.28. The maximum atomic E-state index is 11.7. The van der Waals surface area contributed by atoms with Crippen LogP contribution in [0.15, 0.2) is 0 Å². The van der Waals surface area contributed by atoms with E-state index in [1.807, 2.05) is 6.92 Å². The molecule has 142 valence electrons. The number of carbonyl (C=O) groups excluding carboxylic acids is 2. The summed E-state index contributed by atoms with van der Waals surface area (Å²) in [6.07, 6.45) is 7.13. The summed E-state index contributed by atoms with van der Waals surface area (Å²) in [5.74, 6) is 0.227. The monoisotopic (exact) mass is 345 g/mol. The van der Waals surface area contributed by atoms with Crippen LogP contribution >= 0.6 is 0 Å². The van der Waals surface area contributed by atoms with Crippen molar-refractivity contribution in [2.45, 2.75) is 70.5 Å². The second kappa shape index (κ2) is 13.3. The van der Waals surface area contributed by atoms with Gasteiger partial charge < -0.3 is 19.5 Å². The average Bonchev–Trinajstić information content (AvgIpc) is 2.61. The number of methoxy groups -OCH3 is 1. The molecule has 0 spiro atoms. The number of ether oxygens (including phenoxy) is 3. The minimum Gasteiger partial charge on any atom is -0.381 e. The van der Waals surface area contributed by atoms with Crippen molar-refractivity contribution in [1.82, 2.24) is 5.32 Å². The van der Waals surface area contributed by atoms with Crippen molar-refractivity contribution in [2.75, 3.05) is 33.5 Å². The van der Waals surface area contributed by atoms with Gasteiger partial charge in [0.15, 0.2) is 0 Å². The van der Waals surface area contributed by atoms with E-state index in [0.29, 0.717) is 57.8 Å². The number of hydrogen-bond donors (Lipinski definition) is 1. The standard InChI is InChI=1S/C18H33NO5.H2/c1-3-15(20)10-13-23-14-11-19-18(21)5-4-12-24-17-8-6-16(22-2)7-9-17;/h16-17H,3-14H2,1-2H3,(H,19,21);1H. The molecule has 6 heteroatoms. The second-order valence-electron chi connectivity index (χ2n) is 6.21. The predicted molar refractivity (Wildman–Crippen MR) is 94.1 cm³/mol. The third-order valence-electron chi connectivity index (χ3n) is 4.34. The van der Waals surface area contributed by atoms with Gasteiger partial charge in [0, 0.05) is 41.0 Å². The van der Waals surface area contributed by atoms with E-state index in [9.17, 15) is 9.59 Å².